The molecule has 1 aliphatic rings. The summed E-state index contributed by atoms with van der Waals surface area (Å²) in [5.41, 5.74) is 0. The molecule has 1 fully saturated rings. The maximum absolute atomic E-state index is 11.3. The molecule has 0 saturated carbocycles. The predicted octanol–water partition coefficient (Wildman–Crippen LogP) is -0.830. The Bertz CT molecular complexity index is 562. The largest absolute Gasteiger partial charge is 0.355 e. The average Bonchev–Trinajstić information content (AvgIpc) is 3.08. The van der Waals surface area contributed by atoms with E-state index in [0.29, 0.717) is 0 Å². The normalized spacial score (nSPS) is 16.1. The predicted molar refractivity (Wildman–Crippen MR) is 97.5 cm³/mol. The molecule has 0 spiro atoms. The van der Waals surface area contributed by atoms with Gasteiger partial charge in [0.1, 0.15) is 12.2 Å². The number of aromatic nitrogens is 3. The van der Waals surface area contributed by atoms with Crippen LogP contribution in [0.3, 0.4) is 0 Å². The monoisotopic (exact) mass is 350 g/mol. The van der Waals surface area contributed by atoms with Crippen molar-refractivity contribution in [3.8, 4) is 0 Å². The number of hydrogen-bond acceptors (Lipinski definition) is 5. The van der Waals surface area contributed by atoms with Gasteiger partial charge in [0, 0.05) is 72.8 Å². The van der Waals surface area contributed by atoms with E-state index in [1.807, 2.05) is 4.90 Å². The Labute approximate surface area is 149 Å². The first-order chi connectivity index (χ1) is 12.1. The van der Waals surface area contributed by atoms with Crippen molar-refractivity contribution in [3.63, 3.8) is 0 Å². The van der Waals surface area contributed by atoms with E-state index in [4.69, 9.17) is 0 Å². The first kappa shape index (κ1) is 19.2. The molecule has 0 atom stereocenters. The first-order valence-electron chi connectivity index (χ1n) is 8.93. The van der Waals surface area contributed by atoms with E-state index in [1.165, 1.54) is 0 Å². The zero-order valence-electron chi connectivity index (χ0n) is 15.5. The van der Waals surface area contributed by atoms with E-state index in [0.717, 1.165) is 70.6 Å². The standard InChI is InChI=1S/C16H30N8O/c1-4-15-21-20-13-24(15)8-6-19-16(17-3)18-5-7-22-9-11-23(12-10-22)14(2)25/h13H,4-12H2,1-3H3,(H2,17,18,19). The molecule has 25 heavy (non-hydrogen) atoms. The van der Waals surface area contributed by atoms with Crippen molar-refractivity contribution in [2.24, 2.45) is 4.99 Å². The van der Waals surface area contributed by atoms with E-state index < -0.39 is 0 Å². The fourth-order valence-electron chi connectivity index (χ4n) is 2.87. The van der Waals surface area contributed by atoms with Crippen LogP contribution in [0.2, 0.25) is 0 Å². The molecule has 2 N–H and O–H groups in total. The quantitative estimate of drug-likeness (QED) is 0.493. The van der Waals surface area contributed by atoms with Crippen molar-refractivity contribution in [2.75, 3.05) is 52.9 Å². The fourth-order valence-corrected chi connectivity index (χ4v) is 2.87. The Balaban J connectivity index is 1.61. The molecule has 1 aromatic rings. The molecular formula is C16H30N8O. The lowest BCUT2D eigenvalue weighted by molar-refractivity contribution is -0.130. The minimum Gasteiger partial charge on any atom is -0.355 e. The zero-order valence-corrected chi connectivity index (χ0v) is 15.5. The Hall–Kier alpha value is -2.16. The smallest absolute Gasteiger partial charge is 0.219 e. The number of guanidine groups is 1. The maximum Gasteiger partial charge on any atom is 0.219 e. The Kier molecular flexibility index (Phi) is 7.65. The van der Waals surface area contributed by atoms with Crippen LogP contribution in [0.1, 0.15) is 19.7 Å². The lowest BCUT2D eigenvalue weighted by atomic mass is 10.3. The molecule has 2 rings (SSSR count). The summed E-state index contributed by atoms with van der Waals surface area (Å²) < 4.78 is 2.05. The molecule has 1 amide bonds. The third kappa shape index (κ3) is 6.00. The van der Waals surface area contributed by atoms with Gasteiger partial charge < -0.3 is 20.1 Å². The van der Waals surface area contributed by atoms with Crippen LogP contribution in [0.5, 0.6) is 0 Å². The summed E-state index contributed by atoms with van der Waals surface area (Å²) in [7, 11) is 1.78. The first-order valence-corrected chi connectivity index (χ1v) is 8.93. The Morgan fingerprint density at radius 1 is 1.20 bits per heavy atom. The van der Waals surface area contributed by atoms with Crippen molar-refractivity contribution in [3.05, 3.63) is 12.2 Å². The van der Waals surface area contributed by atoms with E-state index in [9.17, 15) is 4.79 Å². The summed E-state index contributed by atoms with van der Waals surface area (Å²) in [4.78, 5) is 19.9. The molecule has 0 radical (unpaired) electrons. The van der Waals surface area contributed by atoms with E-state index in [-0.39, 0.29) is 5.91 Å². The number of aryl methyl sites for hydroxylation is 1. The van der Waals surface area contributed by atoms with Crippen molar-refractivity contribution in [2.45, 2.75) is 26.8 Å². The molecule has 9 heteroatoms. The third-order valence-corrected chi connectivity index (χ3v) is 4.42. The summed E-state index contributed by atoms with van der Waals surface area (Å²) >= 11 is 0. The van der Waals surface area contributed by atoms with Gasteiger partial charge in [-0.3, -0.25) is 14.7 Å². The van der Waals surface area contributed by atoms with Crippen LogP contribution in [-0.4, -0.2) is 89.3 Å². The summed E-state index contributed by atoms with van der Waals surface area (Å²) in [6.45, 7) is 10.6. The second-order valence-corrected chi connectivity index (χ2v) is 6.07. The topological polar surface area (TPSA) is 90.7 Å². The summed E-state index contributed by atoms with van der Waals surface area (Å²) in [5, 5.41) is 14.7. The van der Waals surface area contributed by atoms with Crippen molar-refractivity contribution >= 4 is 11.9 Å². The lowest BCUT2D eigenvalue weighted by Crippen LogP contribution is -2.50. The van der Waals surface area contributed by atoms with Gasteiger partial charge in [-0.05, 0) is 0 Å². The van der Waals surface area contributed by atoms with E-state index in [2.05, 4.69) is 42.2 Å². The molecule has 2 heterocycles. The Morgan fingerprint density at radius 3 is 2.48 bits per heavy atom. The summed E-state index contributed by atoms with van der Waals surface area (Å²) in [5.74, 6) is 1.96. The zero-order chi connectivity index (χ0) is 18.1. The van der Waals surface area contributed by atoms with Crippen LogP contribution in [0, 0.1) is 0 Å². The number of amides is 1. The van der Waals surface area contributed by atoms with Crippen LogP contribution in [0.15, 0.2) is 11.3 Å². The number of nitrogens with one attached hydrogen (secondary N) is 2. The SMILES string of the molecule is CCc1nncn1CCNC(=NC)NCCN1CCN(C(C)=O)CC1. The van der Waals surface area contributed by atoms with Crippen LogP contribution < -0.4 is 10.6 Å². The highest BCUT2D eigenvalue weighted by atomic mass is 16.2. The van der Waals surface area contributed by atoms with Gasteiger partial charge in [-0.1, -0.05) is 6.92 Å². The van der Waals surface area contributed by atoms with Crippen molar-refractivity contribution in [1.29, 1.82) is 0 Å². The van der Waals surface area contributed by atoms with Gasteiger partial charge in [0.25, 0.3) is 0 Å². The number of carbonyl (C=O) groups excluding carboxylic acids is 1. The number of nitrogens with zero attached hydrogens (tertiary/aromatic N) is 6. The van der Waals surface area contributed by atoms with Crippen LogP contribution in [-0.2, 0) is 17.8 Å². The van der Waals surface area contributed by atoms with Crippen LogP contribution in [0.4, 0.5) is 0 Å². The number of piperazine rings is 1. The number of carbonyl (C=O) groups is 1. The molecular weight excluding hydrogens is 320 g/mol. The molecule has 9 nitrogen and oxygen atoms in total. The fraction of sp³-hybridized carbons (Fsp3) is 0.750. The van der Waals surface area contributed by atoms with Gasteiger partial charge in [0.15, 0.2) is 5.96 Å². The van der Waals surface area contributed by atoms with Gasteiger partial charge >= 0.3 is 0 Å². The average molecular weight is 350 g/mol. The summed E-state index contributed by atoms with van der Waals surface area (Å²) in [6, 6.07) is 0. The molecule has 1 aromatic heterocycles. The minimum atomic E-state index is 0.168. The third-order valence-electron chi connectivity index (χ3n) is 4.42. The Morgan fingerprint density at radius 2 is 1.88 bits per heavy atom. The molecule has 1 aliphatic heterocycles. The second kappa shape index (κ2) is 9.97. The number of aliphatic imine (C=N–C) groups is 1. The minimum absolute atomic E-state index is 0.168. The molecule has 0 bridgehead atoms. The molecule has 0 aromatic carbocycles. The van der Waals surface area contributed by atoms with E-state index in [1.54, 1.807) is 20.3 Å². The van der Waals surface area contributed by atoms with E-state index >= 15 is 0 Å². The van der Waals surface area contributed by atoms with Crippen molar-refractivity contribution < 1.29 is 4.79 Å². The lowest BCUT2D eigenvalue weighted by Gasteiger charge is -2.34. The van der Waals surface area contributed by atoms with Gasteiger partial charge in [0.2, 0.25) is 5.91 Å². The maximum atomic E-state index is 11.3. The van der Waals surface area contributed by atoms with Gasteiger partial charge in [-0.2, -0.15) is 0 Å². The van der Waals surface area contributed by atoms with Crippen LogP contribution in [0.25, 0.3) is 0 Å². The van der Waals surface area contributed by atoms with Crippen LogP contribution >= 0.6 is 0 Å². The molecule has 140 valence electrons. The van der Waals surface area contributed by atoms with Gasteiger partial charge in [-0.15, -0.1) is 10.2 Å². The second-order valence-electron chi connectivity index (χ2n) is 6.07. The highest BCUT2D eigenvalue weighted by molar-refractivity contribution is 5.79. The van der Waals surface area contributed by atoms with Gasteiger partial charge in [-0.25, -0.2) is 0 Å². The highest BCUT2D eigenvalue weighted by Gasteiger charge is 2.17. The summed E-state index contributed by atoms with van der Waals surface area (Å²) in [6.07, 6.45) is 2.64. The molecule has 1 saturated heterocycles. The number of hydrogen-bond donors (Lipinski definition) is 2. The van der Waals surface area contributed by atoms with Crippen molar-refractivity contribution in [1.82, 2.24) is 35.2 Å². The van der Waals surface area contributed by atoms with Gasteiger partial charge in [0.05, 0.1) is 0 Å². The highest BCUT2D eigenvalue weighted by Crippen LogP contribution is 2.01. The molecule has 0 unspecified atom stereocenters. The number of rotatable bonds is 7. The molecule has 0 aliphatic carbocycles.